The number of nitrogens with two attached hydrogens (primary N) is 1. The summed E-state index contributed by atoms with van der Waals surface area (Å²) in [6, 6.07) is 7.90. The lowest BCUT2D eigenvalue weighted by atomic mass is 10.2. The van der Waals surface area contributed by atoms with Gasteiger partial charge in [0.05, 0.1) is 7.11 Å². The minimum Gasteiger partial charge on any atom is -0.497 e. The maximum atomic E-state index is 5.75. The number of nitrogens with one attached hydrogen (secondary N) is 1. The van der Waals surface area contributed by atoms with Gasteiger partial charge < -0.3 is 20.3 Å². The summed E-state index contributed by atoms with van der Waals surface area (Å²) >= 11 is 0. The number of guanidine groups is 1. The van der Waals surface area contributed by atoms with E-state index in [9.17, 15) is 0 Å². The number of aromatic nitrogens is 2. The number of hydrogen-bond donors (Lipinski definition) is 2. The Morgan fingerprint density at radius 1 is 1.24 bits per heavy atom. The van der Waals surface area contributed by atoms with Crippen LogP contribution in [0.4, 0.5) is 0 Å². The van der Waals surface area contributed by atoms with E-state index in [1.165, 1.54) is 0 Å². The largest absolute Gasteiger partial charge is 0.497 e. The van der Waals surface area contributed by atoms with Crippen molar-refractivity contribution in [1.29, 1.82) is 0 Å². The number of ether oxygens (including phenoxy) is 1. The molecule has 1 heterocycles. The molecule has 136 valence electrons. The molecule has 0 aliphatic heterocycles. The number of aliphatic imine (C=N–C) groups is 1. The summed E-state index contributed by atoms with van der Waals surface area (Å²) in [4.78, 5) is 8.73. The maximum Gasteiger partial charge on any atom is 0.226 e. The smallest absolute Gasteiger partial charge is 0.226 e. The van der Waals surface area contributed by atoms with Crippen molar-refractivity contribution in [2.24, 2.45) is 10.7 Å². The van der Waals surface area contributed by atoms with Crippen molar-refractivity contribution >= 4 is 5.96 Å². The number of aryl methyl sites for hydroxylation is 1. The highest BCUT2D eigenvalue weighted by atomic mass is 16.5. The predicted octanol–water partition coefficient (Wildman–Crippen LogP) is 2.77. The maximum absolute atomic E-state index is 5.75. The molecular formula is C18H27N5O2. The highest BCUT2D eigenvalue weighted by Gasteiger charge is 2.08. The second-order valence-corrected chi connectivity index (χ2v) is 6.12. The molecule has 0 aliphatic rings. The average molecular weight is 345 g/mol. The molecule has 0 fully saturated rings. The fourth-order valence-electron chi connectivity index (χ4n) is 2.32. The SMILES string of the molecule is COc1ccc(-c2noc(CCCCCN=C(N)NC(C)C)n2)cc1. The van der Waals surface area contributed by atoms with E-state index in [0.29, 0.717) is 23.7 Å². The van der Waals surface area contributed by atoms with Crippen molar-refractivity contribution in [2.75, 3.05) is 13.7 Å². The van der Waals surface area contributed by atoms with Crippen LogP contribution in [0.3, 0.4) is 0 Å². The van der Waals surface area contributed by atoms with Crippen LogP contribution in [0.15, 0.2) is 33.8 Å². The van der Waals surface area contributed by atoms with Gasteiger partial charge in [-0.15, -0.1) is 0 Å². The molecule has 0 saturated carbocycles. The average Bonchev–Trinajstić information content (AvgIpc) is 3.06. The molecule has 7 nitrogen and oxygen atoms in total. The second-order valence-electron chi connectivity index (χ2n) is 6.12. The topological polar surface area (TPSA) is 98.6 Å². The Hall–Kier alpha value is -2.57. The standard InChI is InChI=1S/C18H27N5O2/c1-13(2)21-18(19)20-12-6-4-5-7-16-22-17(23-25-16)14-8-10-15(24-3)11-9-14/h8-11,13H,4-7,12H2,1-3H3,(H3,19,20,21). The minimum atomic E-state index is 0.307. The van der Waals surface area contributed by atoms with E-state index in [0.717, 1.165) is 43.5 Å². The Kier molecular flexibility index (Phi) is 7.25. The summed E-state index contributed by atoms with van der Waals surface area (Å²) in [5.41, 5.74) is 6.67. The molecule has 2 rings (SSSR count). The van der Waals surface area contributed by atoms with Gasteiger partial charge in [0.15, 0.2) is 5.96 Å². The lowest BCUT2D eigenvalue weighted by molar-refractivity contribution is 0.374. The number of methoxy groups -OCH3 is 1. The highest BCUT2D eigenvalue weighted by molar-refractivity contribution is 5.78. The molecule has 1 aromatic carbocycles. The highest BCUT2D eigenvalue weighted by Crippen LogP contribution is 2.20. The van der Waals surface area contributed by atoms with E-state index >= 15 is 0 Å². The molecule has 0 spiro atoms. The van der Waals surface area contributed by atoms with Crippen molar-refractivity contribution < 1.29 is 9.26 Å². The van der Waals surface area contributed by atoms with Crippen LogP contribution < -0.4 is 15.8 Å². The zero-order valence-electron chi connectivity index (χ0n) is 15.2. The van der Waals surface area contributed by atoms with Gasteiger partial charge in [0.2, 0.25) is 11.7 Å². The Labute approximate surface area is 148 Å². The van der Waals surface area contributed by atoms with Gasteiger partial charge in [-0.1, -0.05) is 11.6 Å². The van der Waals surface area contributed by atoms with Gasteiger partial charge in [0.25, 0.3) is 0 Å². The summed E-state index contributed by atoms with van der Waals surface area (Å²) in [7, 11) is 1.64. The van der Waals surface area contributed by atoms with E-state index in [4.69, 9.17) is 15.0 Å². The minimum absolute atomic E-state index is 0.307. The molecule has 2 aromatic rings. The Bertz CT molecular complexity index is 664. The molecule has 0 saturated heterocycles. The number of unbranched alkanes of at least 4 members (excludes halogenated alkanes) is 2. The molecule has 3 N–H and O–H groups in total. The second kappa shape index (κ2) is 9.66. The molecule has 0 bridgehead atoms. The third-order valence-electron chi connectivity index (χ3n) is 3.58. The van der Waals surface area contributed by atoms with E-state index in [1.807, 2.05) is 38.1 Å². The van der Waals surface area contributed by atoms with Gasteiger partial charge in [-0.25, -0.2) is 0 Å². The van der Waals surface area contributed by atoms with Crippen LogP contribution in [0, 0.1) is 0 Å². The van der Waals surface area contributed by atoms with E-state index in [-0.39, 0.29) is 0 Å². The lowest BCUT2D eigenvalue weighted by Crippen LogP contribution is -2.36. The first kappa shape index (κ1) is 18.8. The van der Waals surface area contributed by atoms with Crippen molar-refractivity contribution in [3.05, 3.63) is 30.2 Å². The number of rotatable bonds is 9. The van der Waals surface area contributed by atoms with Crippen molar-refractivity contribution in [3.8, 4) is 17.1 Å². The fraction of sp³-hybridized carbons (Fsp3) is 0.500. The number of benzene rings is 1. The van der Waals surface area contributed by atoms with Crippen LogP contribution in [-0.4, -0.2) is 35.8 Å². The van der Waals surface area contributed by atoms with Gasteiger partial charge in [-0.2, -0.15) is 4.98 Å². The van der Waals surface area contributed by atoms with Gasteiger partial charge in [0.1, 0.15) is 5.75 Å². The summed E-state index contributed by atoms with van der Waals surface area (Å²) in [5, 5.41) is 7.11. The van der Waals surface area contributed by atoms with Crippen LogP contribution in [-0.2, 0) is 6.42 Å². The van der Waals surface area contributed by atoms with E-state index in [1.54, 1.807) is 7.11 Å². The molecule has 7 heteroatoms. The zero-order valence-corrected chi connectivity index (χ0v) is 15.2. The molecule has 0 aliphatic carbocycles. The molecular weight excluding hydrogens is 318 g/mol. The third-order valence-corrected chi connectivity index (χ3v) is 3.58. The van der Waals surface area contributed by atoms with E-state index in [2.05, 4.69) is 20.4 Å². The van der Waals surface area contributed by atoms with Gasteiger partial charge >= 0.3 is 0 Å². The first-order valence-corrected chi connectivity index (χ1v) is 8.62. The summed E-state index contributed by atoms with van der Waals surface area (Å²) in [6.07, 6.45) is 3.78. The van der Waals surface area contributed by atoms with Crippen molar-refractivity contribution in [2.45, 2.75) is 45.6 Å². The Balaban J connectivity index is 1.71. The molecule has 25 heavy (non-hydrogen) atoms. The summed E-state index contributed by atoms with van der Waals surface area (Å²) in [6.45, 7) is 4.80. The predicted molar refractivity (Wildman–Crippen MR) is 98.6 cm³/mol. The van der Waals surface area contributed by atoms with Crippen LogP contribution in [0.5, 0.6) is 5.75 Å². The molecule has 0 radical (unpaired) electrons. The quantitative estimate of drug-likeness (QED) is 0.412. The van der Waals surface area contributed by atoms with Gasteiger partial charge in [-0.05, 0) is 51.0 Å². The number of hydrogen-bond acceptors (Lipinski definition) is 5. The van der Waals surface area contributed by atoms with Crippen LogP contribution >= 0.6 is 0 Å². The van der Waals surface area contributed by atoms with Crippen LogP contribution in [0.25, 0.3) is 11.4 Å². The van der Waals surface area contributed by atoms with Crippen molar-refractivity contribution in [3.63, 3.8) is 0 Å². The van der Waals surface area contributed by atoms with Crippen molar-refractivity contribution in [1.82, 2.24) is 15.5 Å². The number of nitrogens with zero attached hydrogens (tertiary/aromatic N) is 3. The monoisotopic (exact) mass is 345 g/mol. The molecule has 0 atom stereocenters. The normalized spacial score (nSPS) is 11.8. The summed E-state index contributed by atoms with van der Waals surface area (Å²) < 4.78 is 10.5. The first-order valence-electron chi connectivity index (χ1n) is 8.62. The molecule has 0 amide bonds. The Morgan fingerprint density at radius 2 is 2.00 bits per heavy atom. The molecule has 0 unspecified atom stereocenters. The Morgan fingerprint density at radius 3 is 2.68 bits per heavy atom. The third kappa shape index (κ3) is 6.45. The lowest BCUT2D eigenvalue weighted by Gasteiger charge is -2.08. The fourth-order valence-corrected chi connectivity index (χ4v) is 2.32. The van der Waals surface area contributed by atoms with Crippen LogP contribution in [0.2, 0.25) is 0 Å². The zero-order chi connectivity index (χ0) is 18.1. The van der Waals surface area contributed by atoms with Crippen LogP contribution in [0.1, 0.15) is 39.0 Å². The van der Waals surface area contributed by atoms with Gasteiger partial charge in [-0.3, -0.25) is 4.99 Å². The first-order chi connectivity index (χ1) is 12.1. The van der Waals surface area contributed by atoms with Gasteiger partial charge in [0, 0.05) is 24.6 Å². The molecule has 1 aromatic heterocycles. The van der Waals surface area contributed by atoms with E-state index < -0.39 is 0 Å². The summed E-state index contributed by atoms with van der Waals surface area (Å²) in [5.74, 6) is 2.58.